The summed E-state index contributed by atoms with van der Waals surface area (Å²) in [6, 6.07) is 0. The number of carbonyl (C=O) groups excluding carboxylic acids is 1. The quantitative estimate of drug-likeness (QED) is 0.512. The van der Waals surface area contributed by atoms with Gasteiger partial charge in [-0.3, -0.25) is 9.36 Å². The Morgan fingerprint density at radius 3 is 2.06 bits per heavy atom. The van der Waals surface area contributed by atoms with Crippen molar-refractivity contribution in [2.24, 2.45) is 5.41 Å². The van der Waals surface area contributed by atoms with Gasteiger partial charge < -0.3 is 13.8 Å². The Morgan fingerprint density at radius 2 is 1.75 bits per heavy atom. The molecule has 0 amide bonds. The summed E-state index contributed by atoms with van der Waals surface area (Å²) in [6.45, 7) is 4.13. The van der Waals surface area contributed by atoms with E-state index in [9.17, 15) is 9.36 Å². The van der Waals surface area contributed by atoms with Crippen molar-refractivity contribution in [3.05, 3.63) is 0 Å². The van der Waals surface area contributed by atoms with Gasteiger partial charge in [-0.1, -0.05) is 0 Å². The third-order valence-corrected chi connectivity index (χ3v) is 4.92. The number of esters is 1. The monoisotopic (exact) mass is 250 g/mol. The summed E-state index contributed by atoms with van der Waals surface area (Å²) in [4.78, 5) is 11.5. The Bertz CT molecular complexity index is 288. The topological polar surface area (TPSA) is 61.8 Å². The molecular formula is C10H19O5P. The molecule has 94 valence electrons. The van der Waals surface area contributed by atoms with Crippen LogP contribution in [0.15, 0.2) is 0 Å². The van der Waals surface area contributed by atoms with E-state index in [0.717, 1.165) is 0 Å². The molecule has 1 fully saturated rings. The van der Waals surface area contributed by atoms with Gasteiger partial charge in [0.05, 0.1) is 31.9 Å². The van der Waals surface area contributed by atoms with Crippen LogP contribution in [0, 0.1) is 5.41 Å². The number of carbonyl (C=O) groups is 1. The lowest BCUT2D eigenvalue weighted by molar-refractivity contribution is -0.146. The average molecular weight is 250 g/mol. The van der Waals surface area contributed by atoms with Gasteiger partial charge in [-0.25, -0.2) is 0 Å². The highest BCUT2D eigenvalue weighted by atomic mass is 31.2. The van der Waals surface area contributed by atoms with E-state index in [-0.39, 0.29) is 12.1 Å². The molecule has 0 atom stereocenters. The van der Waals surface area contributed by atoms with Gasteiger partial charge in [0, 0.05) is 0 Å². The van der Waals surface area contributed by atoms with Gasteiger partial charge in [0.25, 0.3) is 0 Å². The molecule has 0 radical (unpaired) electrons. The van der Waals surface area contributed by atoms with Crippen LogP contribution in [0.3, 0.4) is 0 Å². The Labute approximate surface area is 96.0 Å². The molecule has 1 rings (SSSR count). The van der Waals surface area contributed by atoms with Crippen LogP contribution in [-0.4, -0.2) is 32.5 Å². The first kappa shape index (κ1) is 13.7. The Balaban J connectivity index is 2.69. The molecule has 0 unspecified atom stereocenters. The predicted octanol–water partition coefficient (Wildman–Crippen LogP) is 2.21. The van der Waals surface area contributed by atoms with Crippen LogP contribution < -0.4 is 0 Å². The maximum absolute atomic E-state index is 12.2. The van der Waals surface area contributed by atoms with Crippen LogP contribution in [0.2, 0.25) is 0 Å². The Morgan fingerprint density at radius 1 is 1.25 bits per heavy atom. The molecule has 0 heterocycles. The first-order valence-corrected chi connectivity index (χ1v) is 7.21. The molecule has 16 heavy (non-hydrogen) atoms. The molecule has 0 aromatic heterocycles. The summed E-state index contributed by atoms with van der Waals surface area (Å²) in [7, 11) is -1.80. The molecule has 0 N–H and O–H groups in total. The minimum Gasteiger partial charge on any atom is -0.469 e. The van der Waals surface area contributed by atoms with Gasteiger partial charge in [-0.15, -0.1) is 0 Å². The van der Waals surface area contributed by atoms with E-state index in [1.807, 2.05) is 0 Å². The average Bonchev–Trinajstić information content (AvgIpc) is 2.98. The first-order valence-electron chi connectivity index (χ1n) is 5.48. The number of ether oxygens (including phenoxy) is 1. The van der Waals surface area contributed by atoms with Crippen molar-refractivity contribution >= 4 is 13.6 Å². The normalized spacial score (nSPS) is 18.2. The number of rotatable bonds is 7. The van der Waals surface area contributed by atoms with Crippen molar-refractivity contribution in [3.63, 3.8) is 0 Å². The zero-order valence-electron chi connectivity index (χ0n) is 10.0. The van der Waals surface area contributed by atoms with E-state index in [2.05, 4.69) is 0 Å². The van der Waals surface area contributed by atoms with E-state index >= 15 is 0 Å². The lowest BCUT2D eigenvalue weighted by Gasteiger charge is -2.21. The van der Waals surface area contributed by atoms with Gasteiger partial charge >= 0.3 is 13.6 Å². The van der Waals surface area contributed by atoms with Crippen molar-refractivity contribution in [2.75, 3.05) is 26.5 Å². The fraction of sp³-hybridized carbons (Fsp3) is 0.900. The molecule has 0 aromatic carbocycles. The van der Waals surface area contributed by atoms with Crippen LogP contribution in [-0.2, 0) is 23.1 Å². The Kier molecular flexibility index (Phi) is 4.53. The molecular weight excluding hydrogens is 231 g/mol. The summed E-state index contributed by atoms with van der Waals surface area (Å²) in [6.07, 6.45) is 1.53. The standard InChI is InChI=1S/C10H19O5P/c1-4-14-16(12,15-5-2)8-10(6-7-10)9(11)13-3/h4-8H2,1-3H3. The number of hydrogen-bond donors (Lipinski definition) is 0. The van der Waals surface area contributed by atoms with Crippen molar-refractivity contribution < 1.29 is 23.1 Å². The second-order valence-electron chi connectivity index (χ2n) is 3.88. The highest BCUT2D eigenvalue weighted by Crippen LogP contribution is 2.60. The molecule has 0 aliphatic heterocycles. The fourth-order valence-electron chi connectivity index (χ4n) is 1.69. The van der Waals surface area contributed by atoms with Crippen LogP contribution >= 0.6 is 7.60 Å². The zero-order valence-corrected chi connectivity index (χ0v) is 10.9. The third-order valence-electron chi connectivity index (χ3n) is 2.62. The molecule has 5 nitrogen and oxygen atoms in total. The Hall–Kier alpha value is -0.380. The summed E-state index contributed by atoms with van der Waals surface area (Å²) >= 11 is 0. The van der Waals surface area contributed by atoms with Gasteiger partial charge in [-0.2, -0.15) is 0 Å². The highest BCUT2D eigenvalue weighted by Gasteiger charge is 2.55. The first-order chi connectivity index (χ1) is 7.52. The SMILES string of the molecule is CCOP(=O)(CC1(C(=O)OC)CC1)OCC. The van der Waals surface area contributed by atoms with Gasteiger partial charge in [-0.05, 0) is 26.7 Å². The zero-order chi connectivity index (χ0) is 12.2. The lowest BCUT2D eigenvalue weighted by Crippen LogP contribution is -2.22. The summed E-state index contributed by atoms with van der Waals surface area (Å²) in [5.74, 6) is -0.313. The summed E-state index contributed by atoms with van der Waals surface area (Å²) in [5, 5.41) is 0. The fourth-order valence-corrected chi connectivity index (χ4v) is 3.92. The van der Waals surface area contributed by atoms with E-state index in [1.165, 1.54) is 7.11 Å². The maximum atomic E-state index is 12.2. The van der Waals surface area contributed by atoms with Crippen LogP contribution in [0.4, 0.5) is 0 Å². The maximum Gasteiger partial charge on any atom is 0.331 e. The van der Waals surface area contributed by atoms with Crippen molar-refractivity contribution in [1.29, 1.82) is 0 Å². The smallest absolute Gasteiger partial charge is 0.331 e. The van der Waals surface area contributed by atoms with Gasteiger partial charge in [0.1, 0.15) is 0 Å². The highest BCUT2D eigenvalue weighted by molar-refractivity contribution is 7.54. The molecule has 1 saturated carbocycles. The molecule has 0 spiro atoms. The molecule has 1 aliphatic carbocycles. The van der Waals surface area contributed by atoms with E-state index in [0.29, 0.717) is 26.1 Å². The molecule has 1 aliphatic rings. The van der Waals surface area contributed by atoms with E-state index in [4.69, 9.17) is 13.8 Å². The van der Waals surface area contributed by atoms with Crippen LogP contribution in [0.25, 0.3) is 0 Å². The van der Waals surface area contributed by atoms with Crippen molar-refractivity contribution in [2.45, 2.75) is 26.7 Å². The summed E-state index contributed by atoms with van der Waals surface area (Å²) in [5.41, 5.74) is -0.630. The van der Waals surface area contributed by atoms with Crippen LogP contribution in [0.5, 0.6) is 0 Å². The number of hydrogen-bond acceptors (Lipinski definition) is 5. The molecule has 0 saturated heterocycles. The minimum atomic E-state index is -3.15. The molecule has 6 heteroatoms. The van der Waals surface area contributed by atoms with Crippen LogP contribution in [0.1, 0.15) is 26.7 Å². The third kappa shape index (κ3) is 3.06. The van der Waals surface area contributed by atoms with Gasteiger partial charge in [0.2, 0.25) is 0 Å². The summed E-state index contributed by atoms with van der Waals surface area (Å²) < 4.78 is 27.3. The second kappa shape index (κ2) is 5.30. The van der Waals surface area contributed by atoms with E-state index < -0.39 is 13.0 Å². The van der Waals surface area contributed by atoms with E-state index in [1.54, 1.807) is 13.8 Å². The predicted molar refractivity (Wildman–Crippen MR) is 59.4 cm³/mol. The van der Waals surface area contributed by atoms with Crippen molar-refractivity contribution in [3.8, 4) is 0 Å². The molecule has 0 aromatic rings. The minimum absolute atomic E-state index is 0.133. The largest absolute Gasteiger partial charge is 0.469 e. The lowest BCUT2D eigenvalue weighted by atomic mass is 10.1. The molecule has 0 bridgehead atoms. The van der Waals surface area contributed by atoms with Crippen molar-refractivity contribution in [1.82, 2.24) is 0 Å². The van der Waals surface area contributed by atoms with Gasteiger partial charge in [0.15, 0.2) is 0 Å². The second-order valence-corrected chi connectivity index (χ2v) is 5.93. The number of methoxy groups -OCH3 is 1.